The van der Waals surface area contributed by atoms with Crippen molar-refractivity contribution in [2.75, 3.05) is 17.2 Å². The molecule has 0 aromatic heterocycles. The van der Waals surface area contributed by atoms with Gasteiger partial charge in [0.1, 0.15) is 5.75 Å². The monoisotopic (exact) mass is 334 g/mol. The Hall–Kier alpha value is -2.73. The lowest BCUT2D eigenvalue weighted by molar-refractivity contribution is -0.139. The van der Waals surface area contributed by atoms with Gasteiger partial charge in [-0.05, 0) is 55.0 Å². The van der Waals surface area contributed by atoms with Crippen molar-refractivity contribution in [2.24, 2.45) is 0 Å². The van der Waals surface area contributed by atoms with E-state index in [1.54, 1.807) is 42.5 Å². The number of rotatable bonds is 5. The van der Waals surface area contributed by atoms with E-state index in [0.717, 1.165) is 5.56 Å². The Kier molecular flexibility index (Phi) is 5.43. The van der Waals surface area contributed by atoms with Crippen molar-refractivity contribution < 1.29 is 19.4 Å². The predicted molar refractivity (Wildman–Crippen MR) is 88.4 cm³/mol. The Morgan fingerprint density at radius 3 is 2.43 bits per heavy atom. The third-order valence-corrected chi connectivity index (χ3v) is 3.15. The third-order valence-electron chi connectivity index (χ3n) is 2.91. The first-order chi connectivity index (χ1) is 10.9. The second kappa shape index (κ2) is 7.51. The van der Waals surface area contributed by atoms with Crippen molar-refractivity contribution in [1.82, 2.24) is 0 Å². The van der Waals surface area contributed by atoms with Crippen molar-refractivity contribution in [3.63, 3.8) is 0 Å². The highest BCUT2D eigenvalue weighted by Crippen LogP contribution is 2.20. The van der Waals surface area contributed by atoms with Crippen LogP contribution in [0.3, 0.4) is 0 Å². The summed E-state index contributed by atoms with van der Waals surface area (Å²) in [4.78, 5) is 22.4. The highest BCUT2D eigenvalue weighted by atomic mass is 35.5. The second-order valence-electron chi connectivity index (χ2n) is 4.75. The number of hydrogen-bond donors (Lipinski definition) is 3. The number of carboxylic acid groups (broad SMARTS) is 1. The number of aliphatic carboxylic acids is 1. The van der Waals surface area contributed by atoms with Crippen LogP contribution in [0.1, 0.15) is 5.56 Å². The summed E-state index contributed by atoms with van der Waals surface area (Å²) < 4.78 is 5.01. The lowest BCUT2D eigenvalue weighted by Crippen LogP contribution is -2.19. The number of hydrogen-bond acceptors (Lipinski definition) is 3. The van der Waals surface area contributed by atoms with E-state index >= 15 is 0 Å². The molecular weight excluding hydrogens is 320 g/mol. The molecule has 0 saturated carbocycles. The highest BCUT2D eigenvalue weighted by Gasteiger charge is 2.06. The summed E-state index contributed by atoms with van der Waals surface area (Å²) in [6.07, 6.45) is 0. The normalized spacial score (nSPS) is 10.0. The molecule has 0 atom stereocenters. The van der Waals surface area contributed by atoms with Crippen molar-refractivity contribution in [1.29, 1.82) is 0 Å². The Morgan fingerprint density at radius 1 is 1.13 bits per heavy atom. The lowest BCUT2D eigenvalue weighted by atomic mass is 10.2. The van der Waals surface area contributed by atoms with Crippen LogP contribution in [0.5, 0.6) is 5.75 Å². The zero-order valence-electron chi connectivity index (χ0n) is 12.3. The van der Waals surface area contributed by atoms with Gasteiger partial charge in [-0.2, -0.15) is 0 Å². The minimum Gasteiger partial charge on any atom is -0.482 e. The third kappa shape index (κ3) is 5.19. The number of nitrogens with one attached hydrogen (secondary N) is 2. The van der Waals surface area contributed by atoms with E-state index in [2.05, 4.69) is 10.6 Å². The maximum Gasteiger partial charge on any atom is 0.341 e. The minimum atomic E-state index is -1.05. The number of carbonyl (C=O) groups is 2. The number of amides is 2. The first kappa shape index (κ1) is 16.6. The molecule has 0 spiro atoms. The maximum absolute atomic E-state index is 12.0. The summed E-state index contributed by atoms with van der Waals surface area (Å²) in [6.45, 7) is 1.43. The lowest BCUT2D eigenvalue weighted by Gasteiger charge is -2.10. The van der Waals surface area contributed by atoms with Crippen LogP contribution < -0.4 is 15.4 Å². The second-order valence-corrected chi connectivity index (χ2v) is 5.18. The molecule has 120 valence electrons. The number of carboxylic acids is 1. The number of ether oxygens (including phenoxy) is 1. The van der Waals surface area contributed by atoms with Crippen molar-refractivity contribution >= 4 is 35.0 Å². The van der Waals surface area contributed by atoms with Gasteiger partial charge in [0.2, 0.25) is 0 Å². The van der Waals surface area contributed by atoms with Crippen LogP contribution in [-0.2, 0) is 4.79 Å². The Balaban J connectivity index is 1.93. The topological polar surface area (TPSA) is 87.7 Å². The Morgan fingerprint density at radius 2 is 1.83 bits per heavy atom. The smallest absolute Gasteiger partial charge is 0.341 e. The van der Waals surface area contributed by atoms with Gasteiger partial charge >= 0.3 is 12.0 Å². The molecule has 2 aromatic carbocycles. The first-order valence-electron chi connectivity index (χ1n) is 6.73. The first-order valence-corrected chi connectivity index (χ1v) is 7.10. The van der Waals surface area contributed by atoms with E-state index in [1.807, 2.05) is 6.92 Å². The molecule has 3 N–H and O–H groups in total. The van der Waals surface area contributed by atoms with Crippen molar-refractivity contribution in [3.8, 4) is 5.75 Å². The summed E-state index contributed by atoms with van der Waals surface area (Å²) in [5.74, 6) is -0.642. The van der Waals surface area contributed by atoms with Gasteiger partial charge in [-0.25, -0.2) is 9.59 Å². The molecule has 2 rings (SSSR count). The Bertz CT molecular complexity index is 717. The van der Waals surface area contributed by atoms with Gasteiger partial charge in [0.25, 0.3) is 0 Å². The van der Waals surface area contributed by atoms with Crippen LogP contribution >= 0.6 is 11.6 Å². The standard InChI is InChI=1S/C16H15ClN2O4/c1-10-8-11(17)2-7-14(10)19-16(22)18-12-3-5-13(6-4-12)23-9-15(20)21/h2-8H,9H2,1H3,(H,20,21)(H2,18,19,22). The molecule has 0 aliphatic rings. The molecule has 0 fully saturated rings. The average molecular weight is 335 g/mol. The molecule has 23 heavy (non-hydrogen) atoms. The fraction of sp³-hybridized carbons (Fsp3) is 0.125. The van der Waals surface area contributed by atoms with Gasteiger partial charge in [0, 0.05) is 16.4 Å². The molecule has 0 bridgehead atoms. The molecule has 6 nitrogen and oxygen atoms in total. The van der Waals surface area contributed by atoms with Crippen LogP contribution in [0.4, 0.5) is 16.2 Å². The highest BCUT2D eigenvalue weighted by molar-refractivity contribution is 6.30. The van der Waals surface area contributed by atoms with E-state index in [9.17, 15) is 9.59 Å². The SMILES string of the molecule is Cc1cc(Cl)ccc1NC(=O)Nc1ccc(OCC(=O)O)cc1. The molecule has 2 aromatic rings. The van der Waals surface area contributed by atoms with E-state index in [-0.39, 0.29) is 0 Å². The molecule has 0 unspecified atom stereocenters. The van der Waals surface area contributed by atoms with E-state index in [0.29, 0.717) is 22.1 Å². The van der Waals surface area contributed by atoms with Gasteiger partial charge in [-0.1, -0.05) is 11.6 Å². The summed E-state index contributed by atoms with van der Waals surface area (Å²) in [5, 5.41) is 14.5. The molecule has 0 aliphatic carbocycles. The van der Waals surface area contributed by atoms with Crippen LogP contribution in [0.15, 0.2) is 42.5 Å². The summed E-state index contributed by atoms with van der Waals surface area (Å²) >= 11 is 5.87. The largest absolute Gasteiger partial charge is 0.482 e. The van der Waals surface area contributed by atoms with Gasteiger partial charge < -0.3 is 20.5 Å². The number of urea groups is 1. The van der Waals surface area contributed by atoms with Crippen LogP contribution in [0.25, 0.3) is 0 Å². The average Bonchev–Trinajstić information content (AvgIpc) is 2.49. The number of halogens is 1. The maximum atomic E-state index is 12.0. The summed E-state index contributed by atoms with van der Waals surface area (Å²) in [5.41, 5.74) is 2.06. The van der Waals surface area contributed by atoms with E-state index < -0.39 is 18.6 Å². The molecule has 0 radical (unpaired) electrons. The molecule has 0 aliphatic heterocycles. The van der Waals surface area contributed by atoms with Gasteiger partial charge in [-0.15, -0.1) is 0 Å². The summed E-state index contributed by atoms with van der Waals surface area (Å²) in [6, 6.07) is 11.2. The molecule has 0 saturated heterocycles. The van der Waals surface area contributed by atoms with Gasteiger partial charge in [0.15, 0.2) is 6.61 Å². The fourth-order valence-electron chi connectivity index (χ4n) is 1.83. The number of anilines is 2. The fourth-order valence-corrected chi connectivity index (χ4v) is 2.06. The predicted octanol–water partition coefficient (Wildman–Crippen LogP) is 3.76. The summed E-state index contributed by atoms with van der Waals surface area (Å²) in [7, 11) is 0. The molecule has 0 heterocycles. The quantitative estimate of drug-likeness (QED) is 0.777. The molecular formula is C16H15ClN2O4. The van der Waals surface area contributed by atoms with Crippen LogP contribution in [-0.4, -0.2) is 23.7 Å². The van der Waals surface area contributed by atoms with E-state index in [1.165, 1.54) is 0 Å². The molecule has 2 amide bonds. The van der Waals surface area contributed by atoms with Crippen LogP contribution in [0.2, 0.25) is 5.02 Å². The van der Waals surface area contributed by atoms with Crippen molar-refractivity contribution in [3.05, 3.63) is 53.1 Å². The van der Waals surface area contributed by atoms with Gasteiger partial charge in [0.05, 0.1) is 0 Å². The minimum absolute atomic E-state index is 0.394. The van der Waals surface area contributed by atoms with E-state index in [4.69, 9.17) is 21.4 Å². The zero-order chi connectivity index (χ0) is 16.8. The number of aryl methyl sites for hydroxylation is 1. The number of carbonyl (C=O) groups excluding carboxylic acids is 1. The van der Waals surface area contributed by atoms with Crippen molar-refractivity contribution in [2.45, 2.75) is 6.92 Å². The Labute approximate surface area is 138 Å². The van der Waals surface area contributed by atoms with Gasteiger partial charge in [-0.3, -0.25) is 0 Å². The number of benzene rings is 2. The van der Waals surface area contributed by atoms with Crippen LogP contribution in [0, 0.1) is 6.92 Å². The molecule has 7 heteroatoms. The zero-order valence-corrected chi connectivity index (χ0v) is 13.1.